The lowest BCUT2D eigenvalue weighted by molar-refractivity contribution is 0.641. The van der Waals surface area contributed by atoms with Crippen LogP contribution in [0.5, 0.6) is 0 Å². The van der Waals surface area contributed by atoms with Gasteiger partial charge in [0.1, 0.15) is 5.03 Å². The summed E-state index contributed by atoms with van der Waals surface area (Å²) < 4.78 is 0.981. The normalized spacial score (nSPS) is 13.2. The molecule has 0 aliphatic rings. The second-order valence-electron chi connectivity index (χ2n) is 3.62. The quantitative estimate of drug-likeness (QED) is 0.857. The summed E-state index contributed by atoms with van der Waals surface area (Å²) in [6.07, 6.45) is 1.69. The fraction of sp³-hybridized carbons (Fsp3) is 0.500. The molecule has 2 N–H and O–H groups in total. The van der Waals surface area contributed by atoms with Crippen molar-refractivity contribution >= 4 is 33.4 Å². The molecule has 1 rings (SSSR count). The monoisotopic (exact) mass is 274 g/mol. The number of anilines is 1. The van der Waals surface area contributed by atoms with E-state index in [4.69, 9.17) is 5.73 Å². The Bertz CT molecular complexity index is 315. The summed E-state index contributed by atoms with van der Waals surface area (Å²) >= 11 is 5.23. The Morgan fingerprint density at radius 2 is 2.07 bits per heavy atom. The van der Waals surface area contributed by atoms with Gasteiger partial charge >= 0.3 is 0 Å². The summed E-state index contributed by atoms with van der Waals surface area (Å²) in [7, 11) is 0. The van der Waals surface area contributed by atoms with E-state index in [-0.39, 0.29) is 0 Å². The van der Waals surface area contributed by atoms with Crippen molar-refractivity contribution in [3.63, 3.8) is 0 Å². The number of pyridine rings is 1. The molecule has 0 amide bonds. The second kappa shape index (κ2) is 5.03. The number of rotatable bonds is 3. The molecule has 0 spiro atoms. The Hall–Kier alpha value is -0.220. The average Bonchev–Trinajstić information content (AvgIpc) is 2.09. The van der Waals surface area contributed by atoms with Gasteiger partial charge in [0.25, 0.3) is 0 Å². The predicted octanol–water partition coefficient (Wildman–Crippen LogP) is 3.56. The Morgan fingerprint density at radius 1 is 1.43 bits per heavy atom. The van der Waals surface area contributed by atoms with Gasteiger partial charge in [-0.05, 0) is 27.9 Å². The number of aromatic nitrogens is 1. The lowest BCUT2D eigenvalue weighted by Crippen LogP contribution is -2.06. The third-order valence-corrected chi connectivity index (χ3v) is 4.40. The standard InChI is InChI=1S/C10H15BrN2S/c1-6(2)7(3)14-10-9(11)4-8(12)5-13-10/h4-7H,12H2,1-3H3. The molecule has 0 saturated carbocycles. The molecular formula is C10H15BrN2S. The van der Waals surface area contributed by atoms with Crippen molar-refractivity contribution in [1.82, 2.24) is 4.98 Å². The van der Waals surface area contributed by atoms with Crippen molar-refractivity contribution in [1.29, 1.82) is 0 Å². The molecule has 1 unspecified atom stereocenters. The summed E-state index contributed by atoms with van der Waals surface area (Å²) in [5.74, 6) is 0.645. The number of hydrogen-bond acceptors (Lipinski definition) is 3. The number of nitrogen functional groups attached to an aromatic ring is 1. The van der Waals surface area contributed by atoms with E-state index in [1.54, 1.807) is 18.0 Å². The lowest BCUT2D eigenvalue weighted by Gasteiger charge is -2.14. The molecule has 0 aliphatic carbocycles. The largest absolute Gasteiger partial charge is 0.397 e. The number of hydrogen-bond donors (Lipinski definition) is 1. The minimum atomic E-state index is 0.558. The van der Waals surface area contributed by atoms with Crippen LogP contribution in [0.15, 0.2) is 21.8 Å². The molecule has 1 aromatic rings. The molecule has 0 saturated heterocycles. The Labute approximate surface area is 97.8 Å². The van der Waals surface area contributed by atoms with Gasteiger partial charge in [-0.3, -0.25) is 0 Å². The van der Waals surface area contributed by atoms with E-state index in [9.17, 15) is 0 Å². The second-order valence-corrected chi connectivity index (χ2v) is 5.84. The molecule has 2 nitrogen and oxygen atoms in total. The SMILES string of the molecule is CC(C)C(C)Sc1ncc(N)cc1Br. The van der Waals surface area contributed by atoms with Crippen molar-refractivity contribution in [3.05, 3.63) is 16.7 Å². The van der Waals surface area contributed by atoms with Crippen LogP contribution >= 0.6 is 27.7 Å². The van der Waals surface area contributed by atoms with Gasteiger partial charge in [0.05, 0.1) is 16.4 Å². The molecule has 0 aromatic carbocycles. The van der Waals surface area contributed by atoms with E-state index in [1.807, 2.05) is 6.07 Å². The molecule has 1 aromatic heterocycles. The zero-order valence-corrected chi connectivity index (χ0v) is 11.0. The Balaban J connectivity index is 2.77. The number of nitrogens with zero attached hydrogens (tertiary/aromatic N) is 1. The smallest absolute Gasteiger partial charge is 0.111 e. The molecule has 14 heavy (non-hydrogen) atoms. The Morgan fingerprint density at radius 3 is 2.57 bits per heavy atom. The molecule has 1 heterocycles. The van der Waals surface area contributed by atoms with Crippen molar-refractivity contribution in [2.75, 3.05) is 5.73 Å². The highest BCUT2D eigenvalue weighted by atomic mass is 79.9. The zero-order chi connectivity index (χ0) is 10.7. The molecule has 78 valence electrons. The minimum absolute atomic E-state index is 0.558. The predicted molar refractivity (Wildman–Crippen MR) is 66.5 cm³/mol. The summed E-state index contributed by atoms with van der Waals surface area (Å²) in [6.45, 7) is 6.63. The number of thioether (sulfide) groups is 1. The first-order valence-electron chi connectivity index (χ1n) is 4.58. The highest BCUT2D eigenvalue weighted by Gasteiger charge is 2.11. The van der Waals surface area contributed by atoms with Gasteiger partial charge in [0, 0.05) is 5.25 Å². The topological polar surface area (TPSA) is 38.9 Å². The molecule has 4 heteroatoms. The van der Waals surface area contributed by atoms with Crippen LogP contribution in [-0.4, -0.2) is 10.2 Å². The van der Waals surface area contributed by atoms with Crippen LogP contribution in [0.4, 0.5) is 5.69 Å². The van der Waals surface area contributed by atoms with Gasteiger partial charge in [-0.1, -0.05) is 20.8 Å². The van der Waals surface area contributed by atoms with Crippen LogP contribution in [0, 0.1) is 5.92 Å². The fourth-order valence-corrected chi connectivity index (χ4v) is 2.40. The van der Waals surface area contributed by atoms with Crippen LogP contribution < -0.4 is 5.73 Å². The Kier molecular flexibility index (Phi) is 4.26. The molecular weight excluding hydrogens is 260 g/mol. The number of halogens is 1. The average molecular weight is 275 g/mol. The van der Waals surface area contributed by atoms with Gasteiger partial charge in [-0.25, -0.2) is 4.98 Å². The summed E-state index contributed by atoms with van der Waals surface area (Å²) in [4.78, 5) is 4.29. The van der Waals surface area contributed by atoms with Crippen LogP contribution in [-0.2, 0) is 0 Å². The van der Waals surface area contributed by atoms with Crippen molar-refractivity contribution in [3.8, 4) is 0 Å². The maximum Gasteiger partial charge on any atom is 0.111 e. The summed E-state index contributed by atoms with van der Waals surface area (Å²) in [5, 5.41) is 1.57. The summed E-state index contributed by atoms with van der Waals surface area (Å²) in [6, 6.07) is 1.89. The maximum atomic E-state index is 5.62. The highest BCUT2D eigenvalue weighted by Crippen LogP contribution is 2.32. The van der Waals surface area contributed by atoms with Gasteiger partial charge < -0.3 is 5.73 Å². The zero-order valence-electron chi connectivity index (χ0n) is 8.62. The molecule has 0 fully saturated rings. The third-order valence-electron chi connectivity index (χ3n) is 2.06. The van der Waals surface area contributed by atoms with Crippen molar-refractivity contribution < 1.29 is 0 Å². The van der Waals surface area contributed by atoms with E-state index in [2.05, 4.69) is 41.7 Å². The van der Waals surface area contributed by atoms with Crippen LogP contribution in [0.25, 0.3) is 0 Å². The molecule has 0 aliphatic heterocycles. The first-order valence-corrected chi connectivity index (χ1v) is 6.25. The fourth-order valence-electron chi connectivity index (χ4n) is 0.839. The number of nitrogens with two attached hydrogens (primary N) is 1. The first kappa shape index (κ1) is 11.9. The van der Waals surface area contributed by atoms with E-state index < -0.39 is 0 Å². The molecule has 0 radical (unpaired) electrons. The van der Waals surface area contributed by atoms with Crippen LogP contribution in [0.2, 0.25) is 0 Å². The third kappa shape index (κ3) is 3.17. The van der Waals surface area contributed by atoms with E-state index in [1.165, 1.54) is 0 Å². The van der Waals surface area contributed by atoms with Gasteiger partial charge in [-0.15, -0.1) is 11.8 Å². The molecule has 0 bridgehead atoms. The van der Waals surface area contributed by atoms with E-state index >= 15 is 0 Å². The minimum Gasteiger partial charge on any atom is -0.397 e. The first-order chi connectivity index (χ1) is 6.50. The van der Waals surface area contributed by atoms with Gasteiger partial charge in [0.15, 0.2) is 0 Å². The summed E-state index contributed by atoms with van der Waals surface area (Å²) in [5.41, 5.74) is 6.31. The van der Waals surface area contributed by atoms with Crippen molar-refractivity contribution in [2.45, 2.75) is 31.0 Å². The van der Waals surface area contributed by atoms with Gasteiger partial charge in [0.2, 0.25) is 0 Å². The van der Waals surface area contributed by atoms with Gasteiger partial charge in [-0.2, -0.15) is 0 Å². The lowest BCUT2D eigenvalue weighted by atomic mass is 10.2. The molecule has 1 atom stereocenters. The highest BCUT2D eigenvalue weighted by molar-refractivity contribution is 9.10. The van der Waals surface area contributed by atoms with Crippen LogP contribution in [0.1, 0.15) is 20.8 Å². The maximum absolute atomic E-state index is 5.62. The van der Waals surface area contributed by atoms with E-state index in [0.717, 1.165) is 9.50 Å². The van der Waals surface area contributed by atoms with Crippen LogP contribution in [0.3, 0.4) is 0 Å². The van der Waals surface area contributed by atoms with E-state index in [0.29, 0.717) is 16.9 Å². The van der Waals surface area contributed by atoms with Crippen molar-refractivity contribution in [2.24, 2.45) is 5.92 Å².